The van der Waals surface area contributed by atoms with Crippen LogP contribution >= 0.6 is 11.6 Å². The Labute approximate surface area is 160 Å². The van der Waals surface area contributed by atoms with Crippen LogP contribution in [-0.4, -0.2) is 42.2 Å². The molecule has 0 spiro atoms. The smallest absolute Gasteiger partial charge is 0.407 e. The number of alkyl carbamates (subject to hydrolysis) is 1. The molecule has 0 aliphatic heterocycles. The van der Waals surface area contributed by atoms with Crippen molar-refractivity contribution in [1.82, 2.24) is 15.6 Å². The SMILES string of the molecule is CNc1cc(C(=O)NC(CNC(=O)OC(C)(C)C)CC(C)C)cc(Cl)n1. The summed E-state index contributed by atoms with van der Waals surface area (Å²) in [6, 6.07) is 2.89. The van der Waals surface area contributed by atoms with Gasteiger partial charge in [0, 0.05) is 25.2 Å². The Balaban J connectivity index is 2.76. The number of halogens is 1. The van der Waals surface area contributed by atoms with Gasteiger partial charge in [-0.3, -0.25) is 4.79 Å². The Bertz CT molecular complexity index is 629. The molecule has 0 aliphatic rings. The molecule has 0 saturated heterocycles. The summed E-state index contributed by atoms with van der Waals surface area (Å²) in [5.74, 6) is 0.576. The largest absolute Gasteiger partial charge is 0.444 e. The molecular weight excluding hydrogens is 356 g/mol. The van der Waals surface area contributed by atoms with E-state index < -0.39 is 11.7 Å². The van der Waals surface area contributed by atoms with Crippen LogP contribution in [0.15, 0.2) is 12.1 Å². The summed E-state index contributed by atoms with van der Waals surface area (Å²) in [4.78, 5) is 28.5. The molecule has 0 saturated carbocycles. The van der Waals surface area contributed by atoms with Crippen molar-refractivity contribution in [3.05, 3.63) is 22.8 Å². The fourth-order valence-electron chi connectivity index (χ4n) is 2.31. The Morgan fingerprint density at radius 3 is 2.46 bits per heavy atom. The number of ether oxygens (including phenoxy) is 1. The molecule has 1 atom stereocenters. The molecule has 1 unspecified atom stereocenters. The molecular formula is C18H29ClN4O3. The number of carbonyl (C=O) groups is 2. The highest BCUT2D eigenvalue weighted by atomic mass is 35.5. The lowest BCUT2D eigenvalue weighted by Crippen LogP contribution is -2.45. The van der Waals surface area contributed by atoms with Crippen LogP contribution in [0.4, 0.5) is 10.6 Å². The monoisotopic (exact) mass is 384 g/mol. The minimum Gasteiger partial charge on any atom is -0.444 e. The van der Waals surface area contributed by atoms with Crippen LogP contribution in [0.2, 0.25) is 5.15 Å². The van der Waals surface area contributed by atoms with E-state index in [1.165, 1.54) is 6.07 Å². The first kappa shape index (κ1) is 22.0. The van der Waals surface area contributed by atoms with Gasteiger partial charge in [0.15, 0.2) is 0 Å². The molecule has 7 nitrogen and oxygen atoms in total. The van der Waals surface area contributed by atoms with E-state index in [2.05, 4.69) is 34.8 Å². The van der Waals surface area contributed by atoms with Gasteiger partial charge in [0.2, 0.25) is 0 Å². The Kier molecular flexibility index (Phi) is 8.14. The average molecular weight is 385 g/mol. The van der Waals surface area contributed by atoms with Gasteiger partial charge in [0.05, 0.1) is 0 Å². The van der Waals surface area contributed by atoms with Gasteiger partial charge in [-0.15, -0.1) is 0 Å². The number of aromatic nitrogens is 1. The van der Waals surface area contributed by atoms with E-state index in [1.807, 2.05) is 0 Å². The molecule has 8 heteroatoms. The number of hydrogen-bond acceptors (Lipinski definition) is 5. The van der Waals surface area contributed by atoms with Crippen molar-refractivity contribution in [3.8, 4) is 0 Å². The van der Waals surface area contributed by atoms with Gasteiger partial charge in [-0.2, -0.15) is 0 Å². The van der Waals surface area contributed by atoms with Gasteiger partial charge in [-0.1, -0.05) is 25.4 Å². The number of nitrogens with zero attached hydrogens (tertiary/aromatic N) is 1. The number of amides is 2. The highest BCUT2D eigenvalue weighted by Crippen LogP contribution is 2.15. The van der Waals surface area contributed by atoms with Crippen LogP contribution in [0.25, 0.3) is 0 Å². The predicted molar refractivity (Wildman–Crippen MR) is 104 cm³/mol. The Morgan fingerprint density at radius 2 is 1.92 bits per heavy atom. The highest BCUT2D eigenvalue weighted by molar-refractivity contribution is 6.29. The molecule has 0 fully saturated rings. The van der Waals surface area contributed by atoms with E-state index in [9.17, 15) is 9.59 Å². The van der Waals surface area contributed by atoms with Crippen molar-refractivity contribution in [3.63, 3.8) is 0 Å². The number of carbonyl (C=O) groups excluding carboxylic acids is 2. The van der Waals surface area contributed by atoms with Gasteiger partial charge in [-0.05, 0) is 45.2 Å². The van der Waals surface area contributed by atoms with E-state index in [-0.39, 0.29) is 23.6 Å². The Hall–Kier alpha value is -2.02. The normalized spacial score (nSPS) is 12.5. The van der Waals surface area contributed by atoms with Crippen molar-refractivity contribution in [2.75, 3.05) is 18.9 Å². The summed E-state index contributed by atoms with van der Waals surface area (Å²) in [5, 5.41) is 8.74. The first-order chi connectivity index (χ1) is 12.0. The van der Waals surface area contributed by atoms with Gasteiger partial charge < -0.3 is 20.7 Å². The lowest BCUT2D eigenvalue weighted by molar-refractivity contribution is 0.0518. The number of nitrogens with one attached hydrogen (secondary N) is 3. The van der Waals surface area contributed by atoms with Crippen LogP contribution in [0.5, 0.6) is 0 Å². The van der Waals surface area contributed by atoms with Crippen LogP contribution in [0.1, 0.15) is 51.4 Å². The molecule has 1 aromatic heterocycles. The van der Waals surface area contributed by atoms with Gasteiger partial charge in [-0.25, -0.2) is 9.78 Å². The van der Waals surface area contributed by atoms with E-state index in [0.29, 0.717) is 23.7 Å². The van der Waals surface area contributed by atoms with Crippen molar-refractivity contribution in [2.24, 2.45) is 5.92 Å². The minimum atomic E-state index is -0.571. The number of pyridine rings is 1. The van der Waals surface area contributed by atoms with Gasteiger partial charge in [0.1, 0.15) is 16.6 Å². The van der Waals surface area contributed by atoms with Gasteiger partial charge >= 0.3 is 6.09 Å². The molecule has 146 valence electrons. The molecule has 0 aliphatic carbocycles. The standard InChI is InChI=1S/C18H29ClN4O3/c1-11(2)7-13(10-21-17(25)26-18(3,4)5)22-16(24)12-8-14(19)23-15(9-12)20-6/h8-9,11,13H,7,10H2,1-6H3,(H,20,23)(H,21,25)(H,22,24). The summed E-state index contributed by atoms with van der Waals surface area (Å²) in [7, 11) is 1.70. The Morgan fingerprint density at radius 1 is 1.27 bits per heavy atom. The van der Waals surface area contributed by atoms with E-state index in [0.717, 1.165) is 0 Å². The van der Waals surface area contributed by atoms with Crippen molar-refractivity contribution in [2.45, 2.75) is 52.7 Å². The predicted octanol–water partition coefficient (Wildman–Crippen LogP) is 3.45. The molecule has 2 amide bonds. The van der Waals surface area contributed by atoms with Crippen LogP contribution in [-0.2, 0) is 4.74 Å². The second-order valence-corrected chi connectivity index (χ2v) is 7.88. The van der Waals surface area contributed by atoms with Crippen molar-refractivity contribution < 1.29 is 14.3 Å². The number of hydrogen-bond donors (Lipinski definition) is 3. The zero-order valence-electron chi connectivity index (χ0n) is 16.3. The highest BCUT2D eigenvalue weighted by Gasteiger charge is 2.20. The lowest BCUT2D eigenvalue weighted by atomic mass is 10.0. The topological polar surface area (TPSA) is 92.4 Å². The molecule has 1 heterocycles. The summed E-state index contributed by atoms with van der Waals surface area (Å²) in [5.41, 5.74) is -0.168. The molecule has 0 radical (unpaired) electrons. The fraction of sp³-hybridized carbons (Fsp3) is 0.611. The van der Waals surface area contributed by atoms with Crippen LogP contribution < -0.4 is 16.0 Å². The lowest BCUT2D eigenvalue weighted by Gasteiger charge is -2.23. The number of anilines is 1. The third-order valence-electron chi connectivity index (χ3n) is 3.30. The first-order valence-corrected chi connectivity index (χ1v) is 9.01. The molecule has 0 aromatic carbocycles. The quantitative estimate of drug-likeness (QED) is 0.626. The third-order valence-corrected chi connectivity index (χ3v) is 3.49. The fourth-order valence-corrected chi connectivity index (χ4v) is 2.52. The molecule has 3 N–H and O–H groups in total. The molecule has 0 bridgehead atoms. The zero-order chi connectivity index (χ0) is 19.9. The molecule has 1 aromatic rings. The first-order valence-electron chi connectivity index (χ1n) is 8.63. The number of rotatable bonds is 7. The van der Waals surface area contributed by atoms with Crippen molar-refractivity contribution >= 4 is 29.4 Å². The molecule has 26 heavy (non-hydrogen) atoms. The van der Waals surface area contributed by atoms with Crippen molar-refractivity contribution in [1.29, 1.82) is 0 Å². The molecule has 1 rings (SSSR count). The summed E-state index contributed by atoms with van der Waals surface area (Å²) >= 11 is 5.95. The van der Waals surface area contributed by atoms with Gasteiger partial charge in [0.25, 0.3) is 5.91 Å². The zero-order valence-corrected chi connectivity index (χ0v) is 17.0. The minimum absolute atomic E-state index is 0.231. The van der Waals surface area contributed by atoms with E-state index in [4.69, 9.17) is 16.3 Å². The maximum absolute atomic E-state index is 12.6. The second kappa shape index (κ2) is 9.62. The summed E-state index contributed by atoms with van der Waals surface area (Å²) in [6.07, 6.45) is 0.198. The van der Waals surface area contributed by atoms with E-state index in [1.54, 1.807) is 33.9 Å². The maximum Gasteiger partial charge on any atom is 0.407 e. The van der Waals surface area contributed by atoms with Crippen LogP contribution in [0, 0.1) is 5.92 Å². The van der Waals surface area contributed by atoms with E-state index >= 15 is 0 Å². The summed E-state index contributed by atoms with van der Waals surface area (Å²) in [6.45, 7) is 9.77. The van der Waals surface area contributed by atoms with Crippen LogP contribution in [0.3, 0.4) is 0 Å². The second-order valence-electron chi connectivity index (χ2n) is 7.50. The maximum atomic E-state index is 12.6. The third kappa shape index (κ3) is 8.38. The summed E-state index contributed by atoms with van der Waals surface area (Å²) < 4.78 is 5.23. The average Bonchev–Trinajstić information content (AvgIpc) is 2.49.